The van der Waals surface area contributed by atoms with Crippen LogP contribution in [0.2, 0.25) is 0 Å². The number of nitrogens with two attached hydrogens (primary N) is 1. The molecule has 2 rings (SSSR count). The number of carbonyl (C=O) groups is 1. The predicted molar refractivity (Wildman–Crippen MR) is 90.9 cm³/mol. The summed E-state index contributed by atoms with van der Waals surface area (Å²) in [6.07, 6.45) is 2.40. The van der Waals surface area contributed by atoms with Gasteiger partial charge in [0, 0.05) is 20.2 Å². The van der Waals surface area contributed by atoms with Crippen LogP contribution in [0.15, 0.2) is 24.3 Å². The van der Waals surface area contributed by atoms with Crippen LogP contribution in [-0.4, -0.2) is 38.8 Å². The third-order valence-electron chi connectivity index (χ3n) is 3.29. The lowest BCUT2D eigenvalue weighted by Crippen LogP contribution is -2.39. The molecule has 1 aromatic carbocycles. The molecule has 1 unspecified atom stereocenters. The molecule has 0 bridgehead atoms. The third kappa shape index (κ3) is 5.36. The van der Waals surface area contributed by atoms with E-state index in [1.165, 1.54) is 20.0 Å². The summed E-state index contributed by atoms with van der Waals surface area (Å²) in [5, 5.41) is 2.89. The number of rotatable bonds is 5. The number of nitrogens with one attached hydrogen (secondary N) is 1. The maximum atomic E-state index is 11.9. The summed E-state index contributed by atoms with van der Waals surface area (Å²) < 4.78 is 4.90. The molecule has 0 aliphatic carbocycles. The van der Waals surface area contributed by atoms with Crippen LogP contribution >= 0.6 is 24.8 Å². The van der Waals surface area contributed by atoms with Gasteiger partial charge in [-0.05, 0) is 25.0 Å². The molecule has 0 aromatic heterocycles. The Labute approximate surface area is 138 Å². The lowest BCUT2D eigenvalue weighted by molar-refractivity contribution is -0.118. The average Bonchev–Trinajstić information content (AvgIpc) is 2.93. The van der Waals surface area contributed by atoms with Crippen LogP contribution in [0.25, 0.3) is 0 Å². The van der Waals surface area contributed by atoms with Crippen LogP contribution in [-0.2, 0) is 9.53 Å². The second kappa shape index (κ2) is 9.84. The Kier molecular flexibility index (Phi) is 9.37. The maximum Gasteiger partial charge on any atom is 0.243 e. The normalized spacial score (nSPS) is 14.9. The molecule has 1 atom stereocenters. The van der Waals surface area contributed by atoms with Crippen molar-refractivity contribution in [2.24, 2.45) is 5.73 Å². The fourth-order valence-electron chi connectivity index (χ4n) is 2.29. The molecule has 1 fully saturated rings. The Hall–Kier alpha value is -1.01. The molecule has 120 valence electrons. The van der Waals surface area contributed by atoms with Crippen molar-refractivity contribution in [3.05, 3.63) is 24.3 Å². The first-order chi connectivity index (χ1) is 9.22. The maximum absolute atomic E-state index is 11.9. The second-order valence-corrected chi connectivity index (χ2v) is 4.76. The number of amides is 1. The van der Waals surface area contributed by atoms with Gasteiger partial charge in [-0.1, -0.05) is 12.1 Å². The van der Waals surface area contributed by atoms with Crippen LogP contribution in [0.4, 0.5) is 11.4 Å². The molecule has 0 radical (unpaired) electrons. The molecule has 1 heterocycles. The Morgan fingerprint density at radius 1 is 1.33 bits per heavy atom. The zero-order valence-electron chi connectivity index (χ0n) is 12.1. The molecule has 1 aromatic rings. The lowest BCUT2D eigenvalue weighted by atomic mass is 10.2. The Bertz CT molecular complexity index is 440. The van der Waals surface area contributed by atoms with Gasteiger partial charge < -0.3 is 20.7 Å². The summed E-state index contributed by atoms with van der Waals surface area (Å²) in [4.78, 5) is 14.2. The number of nitrogens with zero attached hydrogens (tertiary/aromatic N) is 1. The summed E-state index contributed by atoms with van der Waals surface area (Å²) in [7, 11) is 1.53. The molecule has 5 nitrogen and oxygen atoms in total. The molecule has 3 N–H and O–H groups in total. The van der Waals surface area contributed by atoms with E-state index in [4.69, 9.17) is 10.5 Å². The van der Waals surface area contributed by atoms with Crippen LogP contribution in [0.5, 0.6) is 0 Å². The van der Waals surface area contributed by atoms with E-state index in [0.29, 0.717) is 0 Å². The van der Waals surface area contributed by atoms with Gasteiger partial charge in [-0.15, -0.1) is 24.8 Å². The van der Waals surface area contributed by atoms with Gasteiger partial charge in [-0.25, -0.2) is 0 Å². The molecule has 7 heteroatoms. The van der Waals surface area contributed by atoms with Gasteiger partial charge in [0.1, 0.15) is 6.04 Å². The minimum Gasteiger partial charge on any atom is -0.383 e. The van der Waals surface area contributed by atoms with Gasteiger partial charge in [0.05, 0.1) is 18.0 Å². The zero-order chi connectivity index (χ0) is 13.7. The molecular weight excluding hydrogens is 313 g/mol. The molecule has 21 heavy (non-hydrogen) atoms. The van der Waals surface area contributed by atoms with Crippen molar-refractivity contribution >= 4 is 42.1 Å². The van der Waals surface area contributed by atoms with E-state index in [0.717, 1.165) is 24.5 Å². The summed E-state index contributed by atoms with van der Waals surface area (Å²) in [6.45, 7) is 2.30. The van der Waals surface area contributed by atoms with Gasteiger partial charge in [0.2, 0.25) is 5.91 Å². The SMILES string of the molecule is COCC(N)C(=O)Nc1ccccc1N1CCCC1.Cl.Cl. The number of ether oxygens (including phenoxy) is 1. The highest BCUT2D eigenvalue weighted by Crippen LogP contribution is 2.28. The Morgan fingerprint density at radius 3 is 2.57 bits per heavy atom. The number of hydrogen-bond acceptors (Lipinski definition) is 4. The van der Waals surface area contributed by atoms with Gasteiger partial charge in [-0.3, -0.25) is 4.79 Å². The van der Waals surface area contributed by atoms with Crippen molar-refractivity contribution < 1.29 is 9.53 Å². The number of hydrogen-bond donors (Lipinski definition) is 2. The van der Waals surface area contributed by atoms with Crippen molar-refractivity contribution in [3.8, 4) is 0 Å². The van der Waals surface area contributed by atoms with E-state index in [1.54, 1.807) is 0 Å². The largest absolute Gasteiger partial charge is 0.383 e. The first kappa shape index (κ1) is 20.0. The van der Waals surface area contributed by atoms with Gasteiger partial charge in [0.25, 0.3) is 0 Å². The molecule has 0 saturated carbocycles. The van der Waals surface area contributed by atoms with Crippen molar-refractivity contribution in [2.75, 3.05) is 37.0 Å². The molecule has 1 aliphatic rings. The number of anilines is 2. The quantitative estimate of drug-likeness (QED) is 0.864. The standard InChI is InChI=1S/C14H21N3O2.2ClH/c1-19-10-11(15)14(18)16-12-6-2-3-7-13(12)17-8-4-5-9-17;;/h2-3,6-7,11H,4-5,8-10,15H2,1H3,(H,16,18);2*1H. The molecule has 0 spiro atoms. The fraction of sp³-hybridized carbons (Fsp3) is 0.500. The highest BCUT2D eigenvalue weighted by Gasteiger charge is 2.18. The molecule has 1 saturated heterocycles. The number of halogens is 2. The number of benzene rings is 1. The highest BCUT2D eigenvalue weighted by molar-refractivity contribution is 5.97. The van der Waals surface area contributed by atoms with Crippen molar-refractivity contribution in [3.63, 3.8) is 0 Å². The Morgan fingerprint density at radius 2 is 1.95 bits per heavy atom. The predicted octanol–water partition coefficient (Wildman–Crippen LogP) is 2.04. The third-order valence-corrected chi connectivity index (χ3v) is 3.29. The lowest BCUT2D eigenvalue weighted by Gasteiger charge is -2.22. The number of carbonyl (C=O) groups excluding carboxylic acids is 1. The Balaban J connectivity index is 0.00000200. The first-order valence-electron chi connectivity index (χ1n) is 6.61. The van der Waals surface area contributed by atoms with Crippen LogP contribution in [0.3, 0.4) is 0 Å². The topological polar surface area (TPSA) is 67.6 Å². The van der Waals surface area contributed by atoms with Crippen molar-refractivity contribution in [1.29, 1.82) is 0 Å². The van der Waals surface area contributed by atoms with Crippen LogP contribution in [0, 0.1) is 0 Å². The molecular formula is C14H23Cl2N3O2. The van der Waals surface area contributed by atoms with E-state index in [-0.39, 0.29) is 37.3 Å². The summed E-state index contributed by atoms with van der Waals surface area (Å²) in [5.74, 6) is -0.214. The van der Waals surface area contributed by atoms with Gasteiger partial charge in [0.15, 0.2) is 0 Å². The summed E-state index contributed by atoms with van der Waals surface area (Å²) in [6, 6.07) is 7.19. The van der Waals surface area contributed by atoms with Crippen molar-refractivity contribution in [1.82, 2.24) is 0 Å². The van der Waals surface area contributed by atoms with E-state index in [2.05, 4.69) is 10.2 Å². The van der Waals surface area contributed by atoms with E-state index < -0.39 is 6.04 Å². The minimum absolute atomic E-state index is 0. The van der Waals surface area contributed by atoms with E-state index in [1.807, 2.05) is 24.3 Å². The van der Waals surface area contributed by atoms with E-state index >= 15 is 0 Å². The minimum atomic E-state index is -0.642. The highest BCUT2D eigenvalue weighted by atomic mass is 35.5. The molecule has 1 amide bonds. The van der Waals surface area contributed by atoms with Gasteiger partial charge >= 0.3 is 0 Å². The summed E-state index contributed by atoms with van der Waals surface area (Å²) in [5.41, 5.74) is 7.62. The smallest absolute Gasteiger partial charge is 0.243 e. The van der Waals surface area contributed by atoms with Crippen LogP contribution in [0.1, 0.15) is 12.8 Å². The van der Waals surface area contributed by atoms with Crippen molar-refractivity contribution in [2.45, 2.75) is 18.9 Å². The first-order valence-corrected chi connectivity index (χ1v) is 6.61. The second-order valence-electron chi connectivity index (χ2n) is 4.76. The van der Waals surface area contributed by atoms with Crippen LogP contribution < -0.4 is 16.0 Å². The number of para-hydroxylation sites is 2. The zero-order valence-corrected chi connectivity index (χ0v) is 13.7. The monoisotopic (exact) mass is 335 g/mol. The number of methoxy groups -OCH3 is 1. The molecule has 1 aliphatic heterocycles. The summed E-state index contributed by atoms with van der Waals surface area (Å²) >= 11 is 0. The van der Waals surface area contributed by atoms with E-state index in [9.17, 15) is 4.79 Å². The van der Waals surface area contributed by atoms with Gasteiger partial charge in [-0.2, -0.15) is 0 Å². The fourth-order valence-corrected chi connectivity index (χ4v) is 2.29. The average molecular weight is 336 g/mol.